The maximum Gasteiger partial charge on any atom is 0.166 e. The first-order chi connectivity index (χ1) is 15.4. The Hall–Kier alpha value is -3.46. The molecule has 5 rings (SSSR count). The summed E-state index contributed by atoms with van der Waals surface area (Å²) in [5, 5.41) is 14.0. The van der Waals surface area contributed by atoms with Gasteiger partial charge in [-0.2, -0.15) is 20.1 Å². The van der Waals surface area contributed by atoms with Crippen LogP contribution in [0.1, 0.15) is 36.8 Å². The predicted molar refractivity (Wildman–Crippen MR) is 119 cm³/mol. The van der Waals surface area contributed by atoms with E-state index in [9.17, 15) is 4.39 Å². The Morgan fingerprint density at radius 1 is 1.25 bits per heavy atom. The summed E-state index contributed by atoms with van der Waals surface area (Å²) in [5.74, 6) is 0.272. The molecule has 1 aliphatic heterocycles. The predicted octanol–water partition coefficient (Wildman–Crippen LogP) is 4.18. The molecule has 164 valence electrons. The van der Waals surface area contributed by atoms with Crippen molar-refractivity contribution in [3.05, 3.63) is 58.3 Å². The fourth-order valence-electron chi connectivity index (χ4n) is 4.14. The lowest BCUT2D eigenvalue weighted by atomic mass is 9.96. The number of aryl methyl sites for hydroxylation is 2. The molecular formula is C22H21ClFN7O. The summed E-state index contributed by atoms with van der Waals surface area (Å²) in [4.78, 5) is 5.83. The van der Waals surface area contributed by atoms with E-state index < -0.39 is 6.10 Å². The van der Waals surface area contributed by atoms with Crippen molar-refractivity contribution in [3.8, 4) is 28.3 Å². The van der Waals surface area contributed by atoms with Crippen molar-refractivity contribution >= 4 is 17.4 Å². The number of fused-ring (bicyclic) bond motifs is 7. The first-order valence-corrected chi connectivity index (χ1v) is 10.6. The van der Waals surface area contributed by atoms with E-state index in [-0.39, 0.29) is 11.6 Å². The van der Waals surface area contributed by atoms with Gasteiger partial charge in [0, 0.05) is 48.5 Å². The monoisotopic (exact) mass is 453 g/mol. The fourth-order valence-corrected chi connectivity index (χ4v) is 4.39. The molecule has 2 N–H and O–H groups in total. The summed E-state index contributed by atoms with van der Waals surface area (Å²) in [7, 11) is 1.75. The number of rotatable bonds is 1. The van der Waals surface area contributed by atoms with Crippen LogP contribution in [0.15, 0.2) is 30.5 Å². The van der Waals surface area contributed by atoms with Gasteiger partial charge < -0.3 is 10.5 Å². The van der Waals surface area contributed by atoms with Gasteiger partial charge in [0.05, 0.1) is 11.4 Å². The van der Waals surface area contributed by atoms with E-state index in [0.717, 1.165) is 22.4 Å². The highest BCUT2D eigenvalue weighted by molar-refractivity contribution is 6.30. The summed E-state index contributed by atoms with van der Waals surface area (Å²) in [5.41, 5.74) is 11.2. The molecule has 1 unspecified atom stereocenters. The fraction of sp³-hybridized carbons (Fsp3) is 0.273. The van der Waals surface area contributed by atoms with E-state index in [4.69, 9.17) is 22.1 Å². The van der Waals surface area contributed by atoms with Crippen molar-refractivity contribution < 1.29 is 9.13 Å². The van der Waals surface area contributed by atoms with Crippen molar-refractivity contribution in [2.75, 3.05) is 5.73 Å². The van der Waals surface area contributed by atoms with Crippen LogP contribution in [-0.4, -0.2) is 29.8 Å². The SMILES string of the molecule is CCn1nc(Cl)c2c1-c1cnc(N)c(c1)OC(C)c1cc(F)ccc1-c1nn(C)nc1C2. The van der Waals surface area contributed by atoms with Gasteiger partial charge in [-0.25, -0.2) is 9.37 Å². The number of hydrogen-bond donors (Lipinski definition) is 1. The second-order valence-corrected chi connectivity index (χ2v) is 8.05. The summed E-state index contributed by atoms with van der Waals surface area (Å²) in [6.07, 6.45) is 1.55. The van der Waals surface area contributed by atoms with Gasteiger partial charge in [0.25, 0.3) is 0 Å². The van der Waals surface area contributed by atoms with Crippen molar-refractivity contribution in [1.82, 2.24) is 29.8 Å². The lowest BCUT2D eigenvalue weighted by Gasteiger charge is -2.20. The van der Waals surface area contributed by atoms with Crippen LogP contribution in [-0.2, 0) is 20.0 Å². The van der Waals surface area contributed by atoms with Crippen LogP contribution in [0.2, 0.25) is 5.15 Å². The first-order valence-electron chi connectivity index (χ1n) is 10.2. The zero-order valence-electron chi connectivity index (χ0n) is 17.8. The Kier molecular flexibility index (Phi) is 4.85. The molecule has 1 atom stereocenters. The molecule has 4 heterocycles. The van der Waals surface area contributed by atoms with Gasteiger partial charge in [-0.15, -0.1) is 0 Å². The zero-order chi connectivity index (χ0) is 22.6. The minimum atomic E-state index is -0.520. The van der Waals surface area contributed by atoms with Gasteiger partial charge >= 0.3 is 0 Å². The van der Waals surface area contributed by atoms with Crippen LogP contribution >= 0.6 is 11.6 Å². The number of nitrogens with two attached hydrogens (primary N) is 1. The molecule has 0 saturated heterocycles. The van der Waals surface area contributed by atoms with Crippen LogP contribution in [0.3, 0.4) is 0 Å². The van der Waals surface area contributed by atoms with E-state index in [2.05, 4.69) is 20.3 Å². The normalized spacial score (nSPS) is 15.1. The molecule has 10 heteroatoms. The van der Waals surface area contributed by atoms with Gasteiger partial charge in [0.2, 0.25) is 0 Å². The number of pyridine rings is 1. The number of hydrogen-bond acceptors (Lipinski definition) is 6. The molecule has 1 aliphatic rings. The standard InChI is InChI=1S/C22H21ClFN7O/c1-4-31-20-12-7-18(22(25)26-10-12)32-11(2)15-8-13(24)5-6-14(15)19-17(27-30(3)28-19)9-16(20)21(23)29-31/h5-8,10-11H,4,9H2,1-3H3,(H2,25,26). The summed E-state index contributed by atoms with van der Waals surface area (Å²) >= 11 is 6.58. The maximum atomic E-state index is 14.2. The molecule has 0 aliphatic carbocycles. The molecule has 4 aromatic rings. The van der Waals surface area contributed by atoms with Crippen LogP contribution in [0, 0.1) is 5.82 Å². The molecule has 3 aromatic heterocycles. The largest absolute Gasteiger partial charge is 0.482 e. The molecule has 2 bridgehead atoms. The number of ether oxygens (including phenoxy) is 1. The van der Waals surface area contributed by atoms with Gasteiger partial charge in [0.1, 0.15) is 17.6 Å². The Morgan fingerprint density at radius 2 is 2.06 bits per heavy atom. The molecule has 0 radical (unpaired) electrons. The molecular weight excluding hydrogens is 433 g/mol. The Balaban J connectivity index is 1.84. The topological polar surface area (TPSA) is 96.7 Å². The quantitative estimate of drug-likeness (QED) is 0.464. The number of anilines is 1. The van der Waals surface area contributed by atoms with E-state index >= 15 is 0 Å². The highest BCUT2D eigenvalue weighted by Crippen LogP contribution is 2.39. The van der Waals surface area contributed by atoms with E-state index in [1.54, 1.807) is 19.3 Å². The van der Waals surface area contributed by atoms with E-state index in [1.807, 2.05) is 24.6 Å². The van der Waals surface area contributed by atoms with Crippen LogP contribution in [0.5, 0.6) is 5.75 Å². The molecule has 0 saturated carbocycles. The molecule has 1 aromatic carbocycles. The third-order valence-electron chi connectivity index (χ3n) is 5.59. The van der Waals surface area contributed by atoms with Crippen molar-refractivity contribution in [2.45, 2.75) is 32.9 Å². The Morgan fingerprint density at radius 3 is 2.84 bits per heavy atom. The van der Waals surface area contributed by atoms with Crippen LogP contribution in [0.4, 0.5) is 10.2 Å². The number of nitrogen functional groups attached to an aromatic ring is 1. The molecule has 0 spiro atoms. The summed E-state index contributed by atoms with van der Waals surface area (Å²) < 4.78 is 22.2. The van der Waals surface area contributed by atoms with Crippen molar-refractivity contribution in [2.24, 2.45) is 7.05 Å². The van der Waals surface area contributed by atoms with Crippen molar-refractivity contribution in [1.29, 1.82) is 0 Å². The van der Waals surface area contributed by atoms with E-state index in [1.165, 1.54) is 16.9 Å². The van der Waals surface area contributed by atoms with Crippen LogP contribution in [0.25, 0.3) is 22.5 Å². The maximum absolute atomic E-state index is 14.2. The highest BCUT2D eigenvalue weighted by Gasteiger charge is 2.26. The third-order valence-corrected chi connectivity index (χ3v) is 5.90. The minimum Gasteiger partial charge on any atom is -0.482 e. The summed E-state index contributed by atoms with van der Waals surface area (Å²) in [6, 6.07) is 6.37. The number of aromatic nitrogens is 6. The van der Waals surface area contributed by atoms with Gasteiger partial charge in [-0.05, 0) is 38.1 Å². The third kappa shape index (κ3) is 3.29. The second-order valence-electron chi connectivity index (χ2n) is 7.69. The van der Waals surface area contributed by atoms with Crippen molar-refractivity contribution in [3.63, 3.8) is 0 Å². The van der Waals surface area contributed by atoms with E-state index in [0.29, 0.717) is 40.8 Å². The number of halogens is 2. The minimum absolute atomic E-state index is 0.242. The zero-order valence-corrected chi connectivity index (χ0v) is 18.6. The smallest absolute Gasteiger partial charge is 0.166 e. The molecule has 32 heavy (non-hydrogen) atoms. The lowest BCUT2D eigenvalue weighted by molar-refractivity contribution is 0.227. The number of benzene rings is 1. The van der Waals surface area contributed by atoms with Gasteiger partial charge in [-0.1, -0.05) is 11.6 Å². The van der Waals surface area contributed by atoms with Gasteiger partial charge in [-0.3, -0.25) is 4.68 Å². The summed E-state index contributed by atoms with van der Waals surface area (Å²) in [6.45, 7) is 4.44. The molecule has 0 fully saturated rings. The Labute approximate surface area is 188 Å². The Bertz CT molecular complexity index is 1350. The van der Waals surface area contributed by atoms with Gasteiger partial charge in [0.15, 0.2) is 16.7 Å². The molecule has 0 amide bonds. The first kappa shape index (κ1) is 20.4. The second kappa shape index (κ2) is 7.59. The average molecular weight is 454 g/mol. The van der Waals surface area contributed by atoms with Crippen LogP contribution < -0.4 is 10.5 Å². The highest BCUT2D eigenvalue weighted by atomic mass is 35.5. The lowest BCUT2D eigenvalue weighted by Crippen LogP contribution is -2.10. The average Bonchev–Trinajstić information content (AvgIpc) is 3.28. The molecule has 8 nitrogen and oxygen atoms in total. The number of nitrogens with zero attached hydrogens (tertiary/aromatic N) is 6.